The van der Waals surface area contributed by atoms with Crippen LogP contribution in [-0.4, -0.2) is 10.1 Å². The van der Waals surface area contributed by atoms with E-state index in [-0.39, 0.29) is 5.56 Å². The van der Waals surface area contributed by atoms with E-state index in [9.17, 15) is 18.3 Å². The summed E-state index contributed by atoms with van der Waals surface area (Å²) in [5, 5.41) is 9.23. The van der Waals surface area contributed by atoms with E-state index in [1.807, 2.05) is 0 Å². The summed E-state index contributed by atoms with van der Waals surface area (Å²) in [7, 11) is 0. The Bertz CT molecular complexity index is 335. The summed E-state index contributed by atoms with van der Waals surface area (Å²) in [4.78, 5) is 3.36. The van der Waals surface area contributed by atoms with E-state index in [0.29, 0.717) is 6.20 Å². The van der Waals surface area contributed by atoms with Crippen LogP contribution in [0.2, 0.25) is 0 Å². The quantitative estimate of drug-likeness (QED) is 0.748. The molecule has 0 aromatic carbocycles. The molecule has 1 unspecified atom stereocenters. The summed E-state index contributed by atoms with van der Waals surface area (Å²) < 4.78 is 37.1. The topological polar surface area (TPSA) is 33.1 Å². The lowest BCUT2D eigenvalue weighted by Crippen LogP contribution is -2.11. The van der Waals surface area contributed by atoms with Gasteiger partial charge in [0.05, 0.1) is 11.7 Å². The van der Waals surface area contributed by atoms with Gasteiger partial charge in [0.2, 0.25) is 0 Å². The van der Waals surface area contributed by atoms with Gasteiger partial charge in [-0.05, 0) is 11.6 Å². The number of hydrogen-bond acceptors (Lipinski definition) is 2. The van der Waals surface area contributed by atoms with Crippen molar-refractivity contribution in [3.63, 3.8) is 0 Å². The first-order chi connectivity index (χ1) is 6.46. The van der Waals surface area contributed by atoms with Crippen molar-refractivity contribution in [2.75, 3.05) is 0 Å². The lowest BCUT2D eigenvalue weighted by molar-refractivity contribution is -0.139. The number of pyridine rings is 1. The fourth-order valence-corrected chi connectivity index (χ4v) is 1.03. The molecular formula is C9H8F3NO. The monoisotopic (exact) mass is 203 g/mol. The van der Waals surface area contributed by atoms with Gasteiger partial charge in [0, 0.05) is 12.4 Å². The third kappa shape index (κ3) is 2.11. The van der Waals surface area contributed by atoms with Gasteiger partial charge in [-0.2, -0.15) is 13.2 Å². The number of aliphatic hydroxyl groups excluding tert-OH is 1. The Hall–Kier alpha value is -1.36. The summed E-state index contributed by atoms with van der Waals surface area (Å²) in [5.74, 6) is 0. The Morgan fingerprint density at radius 3 is 2.64 bits per heavy atom. The summed E-state index contributed by atoms with van der Waals surface area (Å²) >= 11 is 0. The molecule has 14 heavy (non-hydrogen) atoms. The molecule has 0 radical (unpaired) electrons. The minimum atomic E-state index is -4.51. The Morgan fingerprint density at radius 2 is 2.14 bits per heavy atom. The Labute approximate surface area is 78.7 Å². The van der Waals surface area contributed by atoms with Crippen LogP contribution in [0.1, 0.15) is 17.2 Å². The maximum atomic E-state index is 12.4. The van der Waals surface area contributed by atoms with Crippen LogP contribution >= 0.6 is 0 Å². The van der Waals surface area contributed by atoms with Crippen molar-refractivity contribution in [3.8, 4) is 0 Å². The zero-order chi connectivity index (χ0) is 10.8. The molecule has 0 spiro atoms. The van der Waals surface area contributed by atoms with Crippen molar-refractivity contribution in [1.29, 1.82) is 0 Å². The maximum absolute atomic E-state index is 12.4. The van der Waals surface area contributed by atoms with Crippen LogP contribution in [0.5, 0.6) is 0 Å². The summed E-state index contributed by atoms with van der Waals surface area (Å²) in [6, 6.07) is 1.12. The third-order valence-electron chi connectivity index (χ3n) is 1.70. The lowest BCUT2D eigenvalue weighted by atomic mass is 10.0. The molecule has 0 bridgehead atoms. The first kappa shape index (κ1) is 10.7. The van der Waals surface area contributed by atoms with Crippen LogP contribution in [-0.2, 0) is 6.18 Å². The normalized spacial score (nSPS) is 13.7. The summed E-state index contributed by atoms with van der Waals surface area (Å²) in [6.45, 7) is 3.22. The average molecular weight is 203 g/mol. The standard InChI is InChI=1S/C9H8F3NO/c1-2-8(14)6-3-4-13-5-7(6)9(10,11)12/h2-5,8,14H,1H2. The van der Waals surface area contributed by atoms with Gasteiger partial charge in [-0.3, -0.25) is 4.98 Å². The highest BCUT2D eigenvalue weighted by atomic mass is 19.4. The van der Waals surface area contributed by atoms with E-state index in [0.717, 1.165) is 12.1 Å². The summed E-state index contributed by atoms with van der Waals surface area (Å²) in [5.41, 5.74) is -1.17. The second-order valence-corrected chi connectivity index (χ2v) is 2.64. The zero-order valence-corrected chi connectivity index (χ0v) is 7.12. The molecule has 2 nitrogen and oxygen atoms in total. The molecule has 1 heterocycles. The van der Waals surface area contributed by atoms with E-state index in [4.69, 9.17) is 0 Å². The highest BCUT2D eigenvalue weighted by Crippen LogP contribution is 2.33. The minimum Gasteiger partial charge on any atom is -0.384 e. The van der Waals surface area contributed by atoms with Crippen LogP contribution in [0.15, 0.2) is 31.1 Å². The molecule has 0 aliphatic rings. The fraction of sp³-hybridized carbons (Fsp3) is 0.222. The Kier molecular flexibility index (Phi) is 2.90. The van der Waals surface area contributed by atoms with Crippen molar-refractivity contribution >= 4 is 0 Å². The number of aliphatic hydroxyl groups is 1. The van der Waals surface area contributed by atoms with Gasteiger partial charge in [-0.15, -0.1) is 6.58 Å². The molecule has 1 N–H and O–H groups in total. The van der Waals surface area contributed by atoms with E-state index in [1.165, 1.54) is 6.20 Å². The SMILES string of the molecule is C=CC(O)c1ccncc1C(F)(F)F. The molecule has 76 valence electrons. The molecular weight excluding hydrogens is 195 g/mol. The molecule has 0 aliphatic heterocycles. The van der Waals surface area contributed by atoms with Crippen molar-refractivity contribution in [3.05, 3.63) is 42.2 Å². The van der Waals surface area contributed by atoms with E-state index in [1.54, 1.807) is 0 Å². The van der Waals surface area contributed by atoms with Crippen molar-refractivity contribution in [2.45, 2.75) is 12.3 Å². The fourth-order valence-electron chi connectivity index (χ4n) is 1.03. The number of nitrogens with zero attached hydrogens (tertiary/aromatic N) is 1. The molecule has 5 heteroatoms. The van der Waals surface area contributed by atoms with Crippen LogP contribution in [0.4, 0.5) is 13.2 Å². The van der Waals surface area contributed by atoms with Crippen LogP contribution in [0.25, 0.3) is 0 Å². The molecule has 1 aromatic rings. The van der Waals surface area contributed by atoms with Crippen molar-refractivity contribution in [1.82, 2.24) is 4.98 Å². The predicted molar refractivity (Wildman–Crippen MR) is 44.4 cm³/mol. The molecule has 1 aromatic heterocycles. The highest BCUT2D eigenvalue weighted by molar-refractivity contribution is 5.30. The second-order valence-electron chi connectivity index (χ2n) is 2.64. The number of hydrogen-bond donors (Lipinski definition) is 1. The highest BCUT2D eigenvalue weighted by Gasteiger charge is 2.34. The first-order valence-electron chi connectivity index (χ1n) is 3.78. The minimum absolute atomic E-state index is 0.234. The van der Waals surface area contributed by atoms with Gasteiger partial charge < -0.3 is 5.11 Å². The largest absolute Gasteiger partial charge is 0.418 e. The molecule has 0 aliphatic carbocycles. The van der Waals surface area contributed by atoms with E-state index >= 15 is 0 Å². The predicted octanol–water partition coefficient (Wildman–Crippen LogP) is 2.32. The van der Waals surface area contributed by atoms with E-state index in [2.05, 4.69) is 11.6 Å². The first-order valence-corrected chi connectivity index (χ1v) is 3.78. The molecule has 0 saturated heterocycles. The molecule has 1 atom stereocenters. The smallest absolute Gasteiger partial charge is 0.384 e. The molecule has 0 amide bonds. The lowest BCUT2D eigenvalue weighted by Gasteiger charge is -2.13. The maximum Gasteiger partial charge on any atom is 0.418 e. The van der Waals surface area contributed by atoms with Gasteiger partial charge >= 0.3 is 6.18 Å². The Balaban J connectivity index is 3.22. The Morgan fingerprint density at radius 1 is 1.50 bits per heavy atom. The van der Waals surface area contributed by atoms with Crippen molar-refractivity contribution < 1.29 is 18.3 Å². The number of alkyl halides is 3. The average Bonchev–Trinajstić information content (AvgIpc) is 2.15. The molecule has 0 saturated carbocycles. The van der Waals surface area contributed by atoms with Crippen LogP contribution in [0.3, 0.4) is 0 Å². The number of aromatic nitrogens is 1. The van der Waals surface area contributed by atoms with E-state index < -0.39 is 17.8 Å². The van der Waals surface area contributed by atoms with Gasteiger partial charge in [0.15, 0.2) is 0 Å². The molecule has 0 fully saturated rings. The number of rotatable bonds is 2. The third-order valence-corrected chi connectivity index (χ3v) is 1.70. The van der Waals surface area contributed by atoms with Gasteiger partial charge in [0.1, 0.15) is 0 Å². The zero-order valence-electron chi connectivity index (χ0n) is 7.12. The van der Waals surface area contributed by atoms with Gasteiger partial charge in [-0.1, -0.05) is 6.08 Å². The van der Waals surface area contributed by atoms with Gasteiger partial charge in [0.25, 0.3) is 0 Å². The van der Waals surface area contributed by atoms with Gasteiger partial charge in [-0.25, -0.2) is 0 Å². The number of halogens is 3. The summed E-state index contributed by atoms with van der Waals surface area (Å²) in [6.07, 6.45) is -2.92. The molecule has 1 rings (SSSR count). The van der Waals surface area contributed by atoms with Crippen molar-refractivity contribution in [2.24, 2.45) is 0 Å². The second kappa shape index (κ2) is 3.79. The van der Waals surface area contributed by atoms with Crippen LogP contribution < -0.4 is 0 Å². The van der Waals surface area contributed by atoms with Crippen LogP contribution in [0, 0.1) is 0 Å².